The average Bonchev–Trinajstić information content (AvgIpc) is 2.26. The van der Waals surface area contributed by atoms with Crippen LogP contribution in [0.5, 0.6) is 17.2 Å². The van der Waals surface area contributed by atoms with Gasteiger partial charge < -0.3 is 19.4 Å². The number of hydrogen-bond acceptors (Lipinski definition) is 5. The molecule has 5 nitrogen and oxygen atoms in total. The third-order valence-corrected chi connectivity index (χ3v) is 2.07. The molecule has 5 heteroatoms. The van der Waals surface area contributed by atoms with Crippen molar-refractivity contribution in [1.82, 2.24) is 0 Å². The van der Waals surface area contributed by atoms with E-state index in [1.54, 1.807) is 6.07 Å². The maximum absolute atomic E-state index is 9.51. The van der Waals surface area contributed by atoms with E-state index < -0.39 is 0 Å². The zero-order chi connectivity index (χ0) is 11.3. The summed E-state index contributed by atoms with van der Waals surface area (Å²) in [5.41, 5.74) is 0.873. The Kier molecular flexibility index (Phi) is 4.20. The SMILES string of the molecule is COc1cc(CCON)c(OC)cc1O. The second kappa shape index (κ2) is 5.43. The van der Waals surface area contributed by atoms with E-state index in [0.29, 0.717) is 24.5 Å². The van der Waals surface area contributed by atoms with Gasteiger partial charge in [-0.25, -0.2) is 5.90 Å². The molecule has 0 aliphatic rings. The van der Waals surface area contributed by atoms with Gasteiger partial charge in [0.1, 0.15) is 5.75 Å². The summed E-state index contributed by atoms with van der Waals surface area (Å²) in [4.78, 5) is 4.49. The standard InChI is InChI=1S/C10H15NO4/c1-13-9-6-8(12)10(14-2)5-7(9)3-4-15-11/h5-6,12H,3-4,11H2,1-2H3. The summed E-state index contributed by atoms with van der Waals surface area (Å²) in [7, 11) is 3.03. The molecule has 1 rings (SSSR count). The molecule has 0 atom stereocenters. The van der Waals surface area contributed by atoms with E-state index in [0.717, 1.165) is 5.56 Å². The van der Waals surface area contributed by atoms with Crippen molar-refractivity contribution < 1.29 is 19.4 Å². The van der Waals surface area contributed by atoms with Gasteiger partial charge in [-0.3, -0.25) is 0 Å². The molecule has 0 saturated heterocycles. The highest BCUT2D eigenvalue weighted by atomic mass is 16.6. The normalized spacial score (nSPS) is 10.1. The molecule has 0 spiro atoms. The molecule has 0 amide bonds. The number of hydrogen-bond donors (Lipinski definition) is 2. The Balaban J connectivity index is 2.99. The molecule has 0 fully saturated rings. The molecule has 0 heterocycles. The highest BCUT2D eigenvalue weighted by Crippen LogP contribution is 2.33. The van der Waals surface area contributed by atoms with E-state index in [9.17, 15) is 5.11 Å². The fourth-order valence-electron chi connectivity index (χ4n) is 1.31. The van der Waals surface area contributed by atoms with Crippen molar-refractivity contribution in [2.75, 3.05) is 20.8 Å². The first kappa shape index (κ1) is 11.6. The van der Waals surface area contributed by atoms with Crippen molar-refractivity contribution in [2.45, 2.75) is 6.42 Å². The minimum Gasteiger partial charge on any atom is -0.504 e. The van der Waals surface area contributed by atoms with Crippen LogP contribution in [0.25, 0.3) is 0 Å². The number of benzene rings is 1. The highest BCUT2D eigenvalue weighted by Gasteiger charge is 2.09. The van der Waals surface area contributed by atoms with Crippen molar-refractivity contribution in [2.24, 2.45) is 5.90 Å². The summed E-state index contributed by atoms with van der Waals surface area (Å²) < 4.78 is 10.1. The van der Waals surface area contributed by atoms with Gasteiger partial charge in [-0.1, -0.05) is 0 Å². The Labute approximate surface area is 88.3 Å². The number of aromatic hydroxyl groups is 1. The van der Waals surface area contributed by atoms with Crippen molar-refractivity contribution in [3.63, 3.8) is 0 Å². The van der Waals surface area contributed by atoms with Gasteiger partial charge >= 0.3 is 0 Å². The number of phenols is 1. The Bertz CT molecular complexity index is 327. The van der Waals surface area contributed by atoms with Crippen molar-refractivity contribution >= 4 is 0 Å². The fraction of sp³-hybridized carbons (Fsp3) is 0.400. The van der Waals surface area contributed by atoms with Gasteiger partial charge in [0.25, 0.3) is 0 Å². The molecule has 1 aromatic rings. The van der Waals surface area contributed by atoms with Crippen LogP contribution in [-0.4, -0.2) is 25.9 Å². The molecular formula is C10H15NO4. The Morgan fingerprint density at radius 2 is 1.87 bits per heavy atom. The predicted octanol–water partition coefficient (Wildman–Crippen LogP) is 0.842. The van der Waals surface area contributed by atoms with Crippen LogP contribution in [0.2, 0.25) is 0 Å². The smallest absolute Gasteiger partial charge is 0.161 e. The molecule has 0 bridgehead atoms. The fourth-order valence-corrected chi connectivity index (χ4v) is 1.31. The summed E-state index contributed by atoms with van der Waals surface area (Å²) in [6.45, 7) is 0.379. The average molecular weight is 213 g/mol. The van der Waals surface area contributed by atoms with Crippen LogP contribution >= 0.6 is 0 Å². The topological polar surface area (TPSA) is 73.9 Å². The molecule has 1 aromatic carbocycles. The monoisotopic (exact) mass is 213 g/mol. The Morgan fingerprint density at radius 3 is 2.40 bits per heavy atom. The van der Waals surface area contributed by atoms with Gasteiger partial charge in [0.2, 0.25) is 0 Å². The Morgan fingerprint density at radius 1 is 1.20 bits per heavy atom. The summed E-state index contributed by atoms with van der Waals surface area (Å²) in [6.07, 6.45) is 0.594. The summed E-state index contributed by atoms with van der Waals surface area (Å²) >= 11 is 0. The molecular weight excluding hydrogens is 198 g/mol. The van der Waals surface area contributed by atoms with E-state index in [1.807, 2.05) is 0 Å². The largest absolute Gasteiger partial charge is 0.504 e. The van der Waals surface area contributed by atoms with Crippen LogP contribution in [0.3, 0.4) is 0 Å². The lowest BCUT2D eigenvalue weighted by molar-refractivity contribution is 0.140. The number of ether oxygens (including phenoxy) is 2. The van der Waals surface area contributed by atoms with Gasteiger partial charge in [-0.15, -0.1) is 0 Å². The first-order valence-electron chi connectivity index (χ1n) is 4.48. The van der Waals surface area contributed by atoms with E-state index in [-0.39, 0.29) is 5.75 Å². The zero-order valence-electron chi connectivity index (χ0n) is 8.82. The minimum absolute atomic E-state index is 0.0479. The maximum atomic E-state index is 9.51. The van der Waals surface area contributed by atoms with Gasteiger partial charge in [-0.2, -0.15) is 0 Å². The lowest BCUT2D eigenvalue weighted by atomic mass is 10.1. The molecule has 0 aromatic heterocycles. The van der Waals surface area contributed by atoms with Crippen LogP contribution in [0.1, 0.15) is 5.56 Å². The Hall–Kier alpha value is -1.46. The van der Waals surface area contributed by atoms with Crippen LogP contribution in [0.4, 0.5) is 0 Å². The summed E-state index contributed by atoms with van der Waals surface area (Å²) in [5.74, 6) is 5.99. The molecule has 0 aliphatic heterocycles. The van der Waals surface area contributed by atoms with Crippen LogP contribution in [-0.2, 0) is 11.3 Å². The van der Waals surface area contributed by atoms with E-state index in [1.165, 1.54) is 20.3 Å². The van der Waals surface area contributed by atoms with E-state index in [2.05, 4.69) is 4.84 Å². The van der Waals surface area contributed by atoms with E-state index >= 15 is 0 Å². The van der Waals surface area contributed by atoms with Crippen molar-refractivity contribution in [3.8, 4) is 17.2 Å². The third-order valence-electron chi connectivity index (χ3n) is 2.07. The van der Waals surface area contributed by atoms with Crippen LogP contribution in [0, 0.1) is 0 Å². The van der Waals surface area contributed by atoms with Crippen LogP contribution < -0.4 is 15.4 Å². The van der Waals surface area contributed by atoms with Crippen molar-refractivity contribution in [3.05, 3.63) is 17.7 Å². The third kappa shape index (κ3) is 2.74. The number of rotatable bonds is 5. The second-order valence-corrected chi connectivity index (χ2v) is 2.96. The molecule has 3 N–H and O–H groups in total. The predicted molar refractivity (Wildman–Crippen MR) is 55.1 cm³/mol. The van der Waals surface area contributed by atoms with Gasteiger partial charge in [-0.05, 0) is 6.07 Å². The lowest BCUT2D eigenvalue weighted by Crippen LogP contribution is -2.05. The first-order valence-corrected chi connectivity index (χ1v) is 4.48. The highest BCUT2D eigenvalue weighted by molar-refractivity contribution is 5.49. The quantitative estimate of drug-likeness (QED) is 0.709. The first-order chi connectivity index (χ1) is 7.22. The molecule has 84 valence electrons. The maximum Gasteiger partial charge on any atom is 0.161 e. The molecule has 0 aliphatic carbocycles. The molecule has 0 unspecified atom stereocenters. The number of methoxy groups -OCH3 is 2. The minimum atomic E-state index is 0.0479. The summed E-state index contributed by atoms with van der Waals surface area (Å²) in [6, 6.07) is 3.21. The van der Waals surface area contributed by atoms with E-state index in [4.69, 9.17) is 15.4 Å². The van der Waals surface area contributed by atoms with Crippen molar-refractivity contribution in [1.29, 1.82) is 0 Å². The second-order valence-electron chi connectivity index (χ2n) is 2.96. The number of nitrogens with two attached hydrogens (primary N) is 1. The lowest BCUT2D eigenvalue weighted by Gasteiger charge is -2.11. The molecule has 15 heavy (non-hydrogen) atoms. The summed E-state index contributed by atoms with van der Waals surface area (Å²) in [5, 5.41) is 9.51. The number of phenolic OH excluding ortho intramolecular Hbond substituents is 1. The zero-order valence-corrected chi connectivity index (χ0v) is 8.82. The van der Waals surface area contributed by atoms with Gasteiger partial charge in [0.05, 0.1) is 20.8 Å². The van der Waals surface area contributed by atoms with Gasteiger partial charge in [0.15, 0.2) is 11.5 Å². The molecule has 0 saturated carbocycles. The molecule has 0 radical (unpaired) electrons. The van der Waals surface area contributed by atoms with Gasteiger partial charge in [0, 0.05) is 18.1 Å². The van der Waals surface area contributed by atoms with Crippen LogP contribution in [0.15, 0.2) is 12.1 Å².